The molecule has 0 radical (unpaired) electrons. The molecule has 0 saturated carbocycles. The third-order valence-corrected chi connectivity index (χ3v) is 5.41. The maximum Gasteiger partial charge on any atom is 0.222 e. The van der Waals surface area contributed by atoms with E-state index in [1.165, 1.54) is 56.9 Å². The molecule has 164 valence electrons. The Morgan fingerprint density at radius 2 is 1.63 bits per heavy atom. The van der Waals surface area contributed by atoms with Gasteiger partial charge in [-0.3, -0.25) is 4.98 Å². The molecule has 2 rings (SSSR count). The lowest BCUT2D eigenvalue weighted by Crippen LogP contribution is -1.88. The first-order chi connectivity index (χ1) is 14.8. The van der Waals surface area contributed by atoms with E-state index in [0.29, 0.717) is 6.42 Å². The van der Waals surface area contributed by atoms with Gasteiger partial charge in [0, 0.05) is 18.2 Å². The average Bonchev–Trinajstić information content (AvgIpc) is 3.27. The maximum absolute atomic E-state index is 10.4. The second-order valence-electron chi connectivity index (χ2n) is 8.00. The summed E-state index contributed by atoms with van der Waals surface area (Å²) in [6.07, 6.45) is 23.2. The van der Waals surface area contributed by atoms with Gasteiger partial charge in [0.2, 0.25) is 5.89 Å². The number of aromatic nitrogens is 2. The van der Waals surface area contributed by atoms with Gasteiger partial charge in [-0.05, 0) is 44.2 Å². The van der Waals surface area contributed by atoms with Crippen LogP contribution in [0.2, 0.25) is 0 Å². The molecule has 0 unspecified atom stereocenters. The zero-order chi connectivity index (χ0) is 21.3. The Morgan fingerprint density at radius 1 is 0.900 bits per heavy atom. The lowest BCUT2D eigenvalue weighted by Gasteiger charge is -2.05. The third kappa shape index (κ3) is 9.51. The van der Waals surface area contributed by atoms with E-state index >= 15 is 0 Å². The van der Waals surface area contributed by atoms with Gasteiger partial charge in [0.1, 0.15) is 12.0 Å². The monoisotopic (exact) mass is 410 g/mol. The molecule has 0 amide bonds. The zero-order valence-electron chi connectivity index (χ0n) is 18.7. The van der Waals surface area contributed by atoms with Crippen molar-refractivity contribution in [3.8, 4) is 11.5 Å². The van der Waals surface area contributed by atoms with Crippen molar-refractivity contribution in [2.24, 2.45) is 0 Å². The first kappa shape index (κ1) is 24.0. The number of hydrogen-bond acceptors (Lipinski definition) is 4. The summed E-state index contributed by atoms with van der Waals surface area (Å²) in [5.74, 6) is 1.47. The molecular formula is C26H38N2O2. The van der Waals surface area contributed by atoms with E-state index in [2.05, 4.69) is 23.0 Å². The fourth-order valence-corrected chi connectivity index (χ4v) is 3.62. The van der Waals surface area contributed by atoms with Crippen LogP contribution in [0.5, 0.6) is 0 Å². The van der Waals surface area contributed by atoms with Crippen LogP contribution in [0, 0.1) is 0 Å². The summed E-state index contributed by atoms with van der Waals surface area (Å²) in [6, 6.07) is 5.81. The van der Waals surface area contributed by atoms with Crippen LogP contribution in [0.3, 0.4) is 0 Å². The highest BCUT2D eigenvalue weighted by Crippen LogP contribution is 2.26. The maximum atomic E-state index is 10.4. The smallest absolute Gasteiger partial charge is 0.222 e. The van der Waals surface area contributed by atoms with Crippen LogP contribution in [-0.2, 0) is 4.79 Å². The molecule has 4 heteroatoms. The van der Waals surface area contributed by atoms with Gasteiger partial charge in [0.15, 0.2) is 5.76 Å². The normalized spacial score (nSPS) is 11.7. The number of hydrogen-bond donors (Lipinski definition) is 0. The molecule has 0 spiro atoms. The highest BCUT2D eigenvalue weighted by Gasteiger charge is 2.11. The fourth-order valence-electron chi connectivity index (χ4n) is 3.62. The molecule has 4 nitrogen and oxygen atoms in total. The Morgan fingerprint density at radius 3 is 2.37 bits per heavy atom. The van der Waals surface area contributed by atoms with Gasteiger partial charge in [-0.15, -0.1) is 0 Å². The minimum absolute atomic E-state index is 0.690. The van der Waals surface area contributed by atoms with Crippen molar-refractivity contribution in [3.63, 3.8) is 0 Å². The minimum Gasteiger partial charge on any atom is -0.435 e. The second-order valence-corrected chi connectivity index (χ2v) is 8.00. The van der Waals surface area contributed by atoms with Crippen molar-refractivity contribution in [3.05, 3.63) is 42.6 Å². The molecular weight excluding hydrogens is 372 g/mol. The predicted molar refractivity (Wildman–Crippen MR) is 124 cm³/mol. The number of rotatable bonds is 17. The second kappa shape index (κ2) is 15.6. The first-order valence-corrected chi connectivity index (χ1v) is 11.9. The number of allylic oxidation sites excluding steroid dienone is 2. The number of carbonyl (C=O) groups is 1. The Kier molecular flexibility index (Phi) is 12.5. The van der Waals surface area contributed by atoms with E-state index in [-0.39, 0.29) is 0 Å². The fraction of sp³-hybridized carbons (Fsp3) is 0.577. The number of carbonyl (C=O) groups excluding carboxylic acids is 1. The quantitative estimate of drug-likeness (QED) is 0.197. The van der Waals surface area contributed by atoms with E-state index in [1.54, 1.807) is 12.4 Å². The van der Waals surface area contributed by atoms with Gasteiger partial charge in [-0.25, -0.2) is 4.98 Å². The van der Waals surface area contributed by atoms with Crippen LogP contribution in [0.4, 0.5) is 0 Å². The van der Waals surface area contributed by atoms with Gasteiger partial charge in [-0.2, -0.15) is 0 Å². The molecule has 0 saturated heterocycles. The Bertz CT molecular complexity index is 722. The third-order valence-electron chi connectivity index (χ3n) is 5.41. The zero-order valence-corrected chi connectivity index (χ0v) is 18.7. The molecule has 2 aromatic rings. The van der Waals surface area contributed by atoms with Crippen molar-refractivity contribution < 1.29 is 9.21 Å². The summed E-state index contributed by atoms with van der Waals surface area (Å²) in [5, 5.41) is 0. The lowest BCUT2D eigenvalue weighted by atomic mass is 10.0. The lowest BCUT2D eigenvalue weighted by molar-refractivity contribution is -0.107. The van der Waals surface area contributed by atoms with Crippen LogP contribution in [0.1, 0.15) is 103 Å². The number of oxazole rings is 1. The molecule has 0 aliphatic rings. The van der Waals surface area contributed by atoms with Crippen LogP contribution in [0.15, 0.2) is 41.1 Å². The topological polar surface area (TPSA) is 56.0 Å². The van der Waals surface area contributed by atoms with Crippen molar-refractivity contribution in [2.45, 2.75) is 96.8 Å². The number of aldehydes is 1. The summed E-state index contributed by atoms with van der Waals surface area (Å²) < 4.78 is 6.07. The van der Waals surface area contributed by atoms with Gasteiger partial charge < -0.3 is 9.21 Å². The minimum atomic E-state index is 0.690. The predicted octanol–water partition coefficient (Wildman–Crippen LogP) is 7.80. The number of unbranched alkanes of at least 4 members (excludes halogenated alkanes) is 11. The summed E-state index contributed by atoms with van der Waals surface area (Å²) in [6.45, 7) is 2.26. The summed E-state index contributed by atoms with van der Waals surface area (Å²) >= 11 is 0. The van der Waals surface area contributed by atoms with E-state index in [4.69, 9.17) is 4.42 Å². The highest BCUT2D eigenvalue weighted by molar-refractivity contribution is 5.61. The van der Waals surface area contributed by atoms with Gasteiger partial charge in [-0.1, -0.05) is 70.4 Å². The largest absolute Gasteiger partial charge is 0.435 e. The van der Waals surface area contributed by atoms with Crippen molar-refractivity contribution in [1.29, 1.82) is 0 Å². The van der Waals surface area contributed by atoms with E-state index in [0.717, 1.165) is 55.7 Å². The number of pyridine rings is 1. The SMILES string of the molecule is CCCCCCCC/C=C(/CCCCCCCC=O)c1ncc(-c2ccccn2)o1. The van der Waals surface area contributed by atoms with E-state index in [1.807, 2.05) is 18.2 Å². The molecule has 30 heavy (non-hydrogen) atoms. The van der Waals surface area contributed by atoms with Crippen LogP contribution in [0.25, 0.3) is 17.0 Å². The molecule has 0 N–H and O–H groups in total. The standard InChI is InChI=1S/C26H38N2O2/c1-2-3-4-5-6-9-12-17-23(18-13-10-7-8-11-16-21-29)26-28-22-25(30-26)24-19-14-15-20-27-24/h14-15,17,19-22H,2-13,16,18H2,1H3/b23-17-. The number of nitrogens with zero attached hydrogens (tertiary/aromatic N) is 2. The summed E-state index contributed by atoms with van der Waals surface area (Å²) in [4.78, 5) is 19.3. The van der Waals surface area contributed by atoms with E-state index in [9.17, 15) is 4.79 Å². The Hall–Kier alpha value is -2.23. The molecule has 0 fully saturated rings. The molecule has 2 aromatic heterocycles. The van der Waals surface area contributed by atoms with Crippen molar-refractivity contribution >= 4 is 11.9 Å². The molecule has 0 aliphatic heterocycles. The van der Waals surface area contributed by atoms with Gasteiger partial charge in [0.25, 0.3) is 0 Å². The Labute approximate surface area is 182 Å². The molecule has 0 aromatic carbocycles. The van der Waals surface area contributed by atoms with Gasteiger partial charge >= 0.3 is 0 Å². The highest BCUT2D eigenvalue weighted by atomic mass is 16.4. The van der Waals surface area contributed by atoms with Crippen molar-refractivity contribution in [1.82, 2.24) is 9.97 Å². The van der Waals surface area contributed by atoms with Gasteiger partial charge in [0.05, 0.1) is 6.20 Å². The molecule has 2 heterocycles. The average molecular weight is 411 g/mol. The van der Waals surface area contributed by atoms with E-state index < -0.39 is 0 Å². The molecule has 0 atom stereocenters. The molecule has 0 bridgehead atoms. The van der Waals surface area contributed by atoms with Crippen molar-refractivity contribution in [2.75, 3.05) is 0 Å². The molecule has 0 aliphatic carbocycles. The summed E-state index contributed by atoms with van der Waals surface area (Å²) in [7, 11) is 0. The Balaban J connectivity index is 1.89. The first-order valence-electron chi connectivity index (χ1n) is 11.9. The summed E-state index contributed by atoms with van der Waals surface area (Å²) in [5.41, 5.74) is 2.04. The van der Waals surface area contributed by atoms with Crippen LogP contribution < -0.4 is 0 Å². The van der Waals surface area contributed by atoms with Crippen LogP contribution >= 0.6 is 0 Å². The van der Waals surface area contributed by atoms with Crippen LogP contribution in [-0.4, -0.2) is 16.3 Å².